The third-order valence-electron chi connectivity index (χ3n) is 2.83. The standard InChI is InChI=1S/C15H10ClNO6/c16-7-8-1-3-9(4-2-8)15(22)23-11-6-5-10(13(18)19)17-12(11)14(20)21/h1-6H,7H2,(H,18,19)(H,20,21). The molecule has 0 spiro atoms. The van der Waals surface area contributed by atoms with Crippen LogP contribution in [0.15, 0.2) is 36.4 Å². The quantitative estimate of drug-likeness (QED) is 0.637. The van der Waals surface area contributed by atoms with Crippen LogP contribution < -0.4 is 4.74 Å². The second kappa shape index (κ2) is 6.89. The van der Waals surface area contributed by atoms with Crippen molar-refractivity contribution in [1.82, 2.24) is 4.98 Å². The van der Waals surface area contributed by atoms with Crippen molar-refractivity contribution in [2.45, 2.75) is 5.88 Å². The fourth-order valence-electron chi connectivity index (χ4n) is 1.69. The van der Waals surface area contributed by atoms with E-state index in [2.05, 4.69) is 4.98 Å². The van der Waals surface area contributed by atoms with Gasteiger partial charge in [-0.15, -0.1) is 11.6 Å². The molecule has 0 bridgehead atoms. The van der Waals surface area contributed by atoms with Gasteiger partial charge in [0.05, 0.1) is 5.56 Å². The first-order valence-corrected chi connectivity index (χ1v) is 6.80. The lowest BCUT2D eigenvalue weighted by atomic mass is 10.1. The summed E-state index contributed by atoms with van der Waals surface area (Å²) in [5.74, 6) is -3.73. The third-order valence-corrected chi connectivity index (χ3v) is 3.14. The van der Waals surface area contributed by atoms with Crippen molar-refractivity contribution >= 4 is 29.5 Å². The molecule has 2 rings (SSSR count). The largest absolute Gasteiger partial charge is 0.477 e. The lowest BCUT2D eigenvalue weighted by molar-refractivity contribution is 0.0673. The number of pyridine rings is 1. The molecule has 1 aromatic heterocycles. The molecule has 1 heterocycles. The van der Waals surface area contributed by atoms with Crippen molar-refractivity contribution in [1.29, 1.82) is 0 Å². The van der Waals surface area contributed by atoms with E-state index < -0.39 is 29.3 Å². The number of aromatic nitrogens is 1. The first-order chi connectivity index (χ1) is 10.9. The Morgan fingerprint density at radius 2 is 1.65 bits per heavy atom. The Bertz CT molecular complexity index is 772. The minimum Gasteiger partial charge on any atom is -0.477 e. The molecule has 8 heteroatoms. The van der Waals surface area contributed by atoms with Crippen LogP contribution in [0.2, 0.25) is 0 Å². The number of hydrogen-bond donors (Lipinski definition) is 2. The Balaban J connectivity index is 2.29. The van der Waals surface area contributed by atoms with Gasteiger partial charge in [0.25, 0.3) is 0 Å². The average Bonchev–Trinajstić information content (AvgIpc) is 2.54. The number of carbonyl (C=O) groups is 3. The van der Waals surface area contributed by atoms with E-state index in [0.29, 0.717) is 5.88 Å². The highest BCUT2D eigenvalue weighted by Gasteiger charge is 2.20. The molecule has 23 heavy (non-hydrogen) atoms. The molecule has 7 nitrogen and oxygen atoms in total. The zero-order valence-corrected chi connectivity index (χ0v) is 12.3. The van der Waals surface area contributed by atoms with Crippen LogP contribution in [0.25, 0.3) is 0 Å². The van der Waals surface area contributed by atoms with Crippen LogP contribution in [0.4, 0.5) is 0 Å². The number of nitrogens with zero attached hydrogens (tertiary/aromatic N) is 1. The Labute approximate surface area is 135 Å². The number of aromatic carboxylic acids is 2. The van der Waals surface area contributed by atoms with Crippen molar-refractivity contribution in [2.75, 3.05) is 0 Å². The first kappa shape index (κ1) is 16.4. The molecular formula is C15H10ClNO6. The van der Waals surface area contributed by atoms with Crippen molar-refractivity contribution in [2.24, 2.45) is 0 Å². The minimum atomic E-state index is -1.51. The van der Waals surface area contributed by atoms with E-state index in [4.69, 9.17) is 26.6 Å². The van der Waals surface area contributed by atoms with E-state index in [1.165, 1.54) is 12.1 Å². The molecule has 0 aliphatic carbocycles. The predicted molar refractivity (Wildman–Crippen MR) is 79.1 cm³/mol. The van der Waals surface area contributed by atoms with Crippen LogP contribution in [0.1, 0.15) is 36.9 Å². The molecule has 2 aromatic rings. The van der Waals surface area contributed by atoms with Crippen molar-refractivity contribution in [3.63, 3.8) is 0 Å². The summed E-state index contributed by atoms with van der Waals surface area (Å²) in [7, 11) is 0. The predicted octanol–water partition coefficient (Wildman–Crippen LogP) is 2.44. The summed E-state index contributed by atoms with van der Waals surface area (Å²) < 4.78 is 4.99. The molecule has 0 atom stereocenters. The van der Waals surface area contributed by atoms with E-state index in [1.807, 2.05) is 0 Å². The van der Waals surface area contributed by atoms with Crippen LogP contribution in [0, 0.1) is 0 Å². The Hall–Kier alpha value is -2.93. The van der Waals surface area contributed by atoms with Crippen LogP contribution in [-0.2, 0) is 5.88 Å². The van der Waals surface area contributed by atoms with Gasteiger partial charge in [-0.3, -0.25) is 0 Å². The summed E-state index contributed by atoms with van der Waals surface area (Å²) in [6.45, 7) is 0. The number of ether oxygens (including phenoxy) is 1. The lowest BCUT2D eigenvalue weighted by Gasteiger charge is -2.08. The highest BCUT2D eigenvalue weighted by molar-refractivity contribution is 6.17. The second-order valence-corrected chi connectivity index (χ2v) is 4.64. The molecule has 0 amide bonds. The van der Waals surface area contributed by atoms with E-state index in [1.54, 1.807) is 12.1 Å². The van der Waals surface area contributed by atoms with Gasteiger partial charge in [-0.2, -0.15) is 0 Å². The number of alkyl halides is 1. The number of benzene rings is 1. The van der Waals surface area contributed by atoms with Gasteiger partial charge in [0.15, 0.2) is 11.4 Å². The summed E-state index contributed by atoms with van der Waals surface area (Å²) in [6, 6.07) is 8.36. The molecule has 2 N–H and O–H groups in total. The summed E-state index contributed by atoms with van der Waals surface area (Å²) in [5, 5.41) is 17.9. The van der Waals surface area contributed by atoms with Crippen molar-refractivity contribution in [3.8, 4) is 5.75 Å². The van der Waals surface area contributed by atoms with Crippen LogP contribution in [0.5, 0.6) is 5.75 Å². The SMILES string of the molecule is O=C(Oc1ccc(C(=O)O)nc1C(=O)O)c1ccc(CCl)cc1. The summed E-state index contributed by atoms with van der Waals surface area (Å²) in [5.41, 5.74) is -0.122. The van der Waals surface area contributed by atoms with Gasteiger partial charge in [0.1, 0.15) is 5.69 Å². The van der Waals surface area contributed by atoms with E-state index in [0.717, 1.165) is 17.7 Å². The molecule has 0 saturated heterocycles. The maximum Gasteiger partial charge on any atom is 0.358 e. The molecule has 0 saturated carbocycles. The molecule has 0 aliphatic rings. The molecule has 0 unspecified atom stereocenters. The number of halogens is 1. The van der Waals surface area contributed by atoms with Gasteiger partial charge < -0.3 is 14.9 Å². The number of carbonyl (C=O) groups excluding carboxylic acids is 1. The number of carboxylic acid groups (broad SMARTS) is 2. The fourth-order valence-corrected chi connectivity index (χ4v) is 1.87. The number of carboxylic acids is 2. The normalized spacial score (nSPS) is 10.1. The van der Waals surface area contributed by atoms with Crippen LogP contribution >= 0.6 is 11.6 Å². The molecule has 1 aromatic carbocycles. The number of hydrogen-bond acceptors (Lipinski definition) is 5. The molecular weight excluding hydrogens is 326 g/mol. The van der Waals surface area contributed by atoms with E-state index >= 15 is 0 Å². The Kier molecular flexibility index (Phi) is 4.92. The maximum absolute atomic E-state index is 12.0. The van der Waals surface area contributed by atoms with Gasteiger partial charge in [-0.25, -0.2) is 19.4 Å². The summed E-state index contributed by atoms with van der Waals surface area (Å²) in [6.07, 6.45) is 0. The van der Waals surface area contributed by atoms with Crippen LogP contribution in [-0.4, -0.2) is 33.1 Å². The van der Waals surface area contributed by atoms with Crippen molar-refractivity contribution < 1.29 is 29.3 Å². The molecule has 0 aliphatic heterocycles. The second-order valence-electron chi connectivity index (χ2n) is 4.37. The topological polar surface area (TPSA) is 114 Å². The van der Waals surface area contributed by atoms with Gasteiger partial charge in [-0.1, -0.05) is 12.1 Å². The lowest BCUT2D eigenvalue weighted by Crippen LogP contribution is -2.14. The highest BCUT2D eigenvalue weighted by Crippen LogP contribution is 2.19. The molecule has 0 fully saturated rings. The minimum absolute atomic E-state index is 0.192. The van der Waals surface area contributed by atoms with Gasteiger partial charge in [-0.05, 0) is 29.8 Å². The molecule has 118 valence electrons. The van der Waals surface area contributed by atoms with Crippen molar-refractivity contribution in [3.05, 3.63) is 58.9 Å². The van der Waals surface area contributed by atoms with Gasteiger partial charge in [0.2, 0.25) is 0 Å². The number of rotatable bonds is 5. The van der Waals surface area contributed by atoms with E-state index in [-0.39, 0.29) is 11.3 Å². The summed E-state index contributed by atoms with van der Waals surface area (Å²) in [4.78, 5) is 37.4. The smallest absolute Gasteiger partial charge is 0.358 e. The van der Waals surface area contributed by atoms with Crippen LogP contribution in [0.3, 0.4) is 0 Å². The number of esters is 1. The average molecular weight is 336 g/mol. The zero-order valence-electron chi connectivity index (χ0n) is 11.5. The highest BCUT2D eigenvalue weighted by atomic mass is 35.5. The van der Waals surface area contributed by atoms with Gasteiger partial charge >= 0.3 is 17.9 Å². The monoisotopic (exact) mass is 335 g/mol. The molecule has 0 radical (unpaired) electrons. The van der Waals surface area contributed by atoms with Gasteiger partial charge in [0, 0.05) is 5.88 Å². The summed E-state index contributed by atoms with van der Waals surface area (Å²) >= 11 is 5.65. The maximum atomic E-state index is 12.0. The zero-order chi connectivity index (χ0) is 17.0. The Morgan fingerprint density at radius 3 is 2.17 bits per heavy atom. The fraction of sp³-hybridized carbons (Fsp3) is 0.0667. The third kappa shape index (κ3) is 3.83. The first-order valence-electron chi connectivity index (χ1n) is 6.27. The Morgan fingerprint density at radius 1 is 1.00 bits per heavy atom. The van der Waals surface area contributed by atoms with E-state index in [9.17, 15) is 14.4 Å².